The highest BCUT2D eigenvalue weighted by molar-refractivity contribution is 5.85. The van der Waals surface area contributed by atoms with E-state index in [1.165, 1.54) is 19.3 Å². The molecule has 1 rings (SSSR count). The summed E-state index contributed by atoms with van der Waals surface area (Å²) in [6.45, 7) is 3.01. The topological polar surface area (TPSA) is 64.3 Å². The van der Waals surface area contributed by atoms with Crippen molar-refractivity contribution in [3.05, 3.63) is 0 Å². The van der Waals surface area contributed by atoms with Crippen LogP contribution in [0.2, 0.25) is 0 Å². The van der Waals surface area contributed by atoms with Crippen LogP contribution in [0.3, 0.4) is 0 Å². The molecule has 0 radical (unpaired) electrons. The lowest BCUT2D eigenvalue weighted by atomic mass is 9.97. The van der Waals surface area contributed by atoms with Crippen molar-refractivity contribution in [2.75, 3.05) is 13.7 Å². The minimum absolute atomic E-state index is 0.191. The van der Waals surface area contributed by atoms with Crippen LogP contribution < -0.4 is 11.1 Å². The Hall–Kier alpha value is -0.610. The lowest BCUT2D eigenvalue weighted by Gasteiger charge is -2.24. The van der Waals surface area contributed by atoms with Gasteiger partial charge in [0.2, 0.25) is 5.91 Å². The molecular weight excluding hydrogens is 216 g/mol. The van der Waals surface area contributed by atoms with Gasteiger partial charge < -0.3 is 15.8 Å². The van der Waals surface area contributed by atoms with E-state index in [0.29, 0.717) is 6.42 Å². The van der Waals surface area contributed by atoms with Crippen molar-refractivity contribution in [3.8, 4) is 0 Å². The minimum Gasteiger partial charge on any atom is -0.378 e. The van der Waals surface area contributed by atoms with Crippen LogP contribution in [0.5, 0.6) is 0 Å². The summed E-state index contributed by atoms with van der Waals surface area (Å²) in [5.41, 5.74) is 4.91. The number of primary amides is 1. The van der Waals surface area contributed by atoms with Gasteiger partial charge in [-0.1, -0.05) is 26.2 Å². The van der Waals surface area contributed by atoms with E-state index in [2.05, 4.69) is 12.2 Å². The van der Waals surface area contributed by atoms with Gasteiger partial charge in [0.05, 0.1) is 11.6 Å². The molecule has 1 fully saturated rings. The minimum atomic E-state index is -0.534. The molecule has 4 nitrogen and oxygen atoms in total. The summed E-state index contributed by atoms with van der Waals surface area (Å²) in [5, 5.41) is 3.06. The molecule has 0 spiro atoms. The van der Waals surface area contributed by atoms with Gasteiger partial charge in [0.1, 0.15) is 0 Å². The molecule has 3 N–H and O–H groups in total. The van der Waals surface area contributed by atoms with Crippen molar-refractivity contribution in [3.63, 3.8) is 0 Å². The summed E-state index contributed by atoms with van der Waals surface area (Å²) >= 11 is 0. The molecule has 0 bridgehead atoms. The lowest BCUT2D eigenvalue weighted by Crippen LogP contribution is -2.52. The highest BCUT2D eigenvalue weighted by Crippen LogP contribution is 2.31. The van der Waals surface area contributed by atoms with Gasteiger partial charge >= 0.3 is 0 Å². The van der Waals surface area contributed by atoms with E-state index in [9.17, 15) is 4.79 Å². The molecule has 0 aromatic heterocycles. The molecule has 4 heteroatoms. The summed E-state index contributed by atoms with van der Waals surface area (Å²) in [6.07, 6.45) is 7.49. The molecule has 0 heterocycles. The standard InChI is InChI=1S/C13H26N2O2/c1-3-4-5-6-9-17-11-7-8-13(10-11,15-2)12(14)16/h11,15H,3-10H2,1-2H3,(H2,14,16). The first-order valence-electron chi connectivity index (χ1n) is 6.75. The molecular formula is C13H26N2O2. The van der Waals surface area contributed by atoms with Gasteiger partial charge in [-0.15, -0.1) is 0 Å². The number of hydrogen-bond acceptors (Lipinski definition) is 3. The Labute approximate surface area is 104 Å². The Kier molecular flexibility index (Phi) is 5.92. The molecule has 1 aliphatic rings. The summed E-state index contributed by atoms with van der Waals surface area (Å²) in [4.78, 5) is 11.4. The predicted octanol–water partition coefficient (Wildman–Crippen LogP) is 1.58. The maximum atomic E-state index is 11.4. The molecule has 1 aliphatic carbocycles. The van der Waals surface area contributed by atoms with Crippen LogP contribution in [0.1, 0.15) is 51.9 Å². The van der Waals surface area contributed by atoms with E-state index in [1.54, 1.807) is 7.05 Å². The van der Waals surface area contributed by atoms with E-state index < -0.39 is 5.54 Å². The second kappa shape index (κ2) is 6.97. The number of hydrogen-bond donors (Lipinski definition) is 2. The maximum absolute atomic E-state index is 11.4. The molecule has 1 amide bonds. The fraction of sp³-hybridized carbons (Fsp3) is 0.923. The number of rotatable bonds is 8. The zero-order valence-electron chi connectivity index (χ0n) is 11.1. The lowest BCUT2D eigenvalue weighted by molar-refractivity contribution is -0.124. The molecule has 0 aromatic carbocycles. The number of carbonyl (C=O) groups is 1. The van der Waals surface area contributed by atoms with Gasteiger partial charge in [0.25, 0.3) is 0 Å². The Morgan fingerprint density at radius 1 is 1.47 bits per heavy atom. The van der Waals surface area contributed by atoms with Crippen molar-refractivity contribution in [1.82, 2.24) is 5.32 Å². The van der Waals surface area contributed by atoms with Crippen LogP contribution in [0.15, 0.2) is 0 Å². The largest absolute Gasteiger partial charge is 0.378 e. The quantitative estimate of drug-likeness (QED) is 0.635. The third-order valence-corrected chi connectivity index (χ3v) is 3.77. The van der Waals surface area contributed by atoms with Crippen LogP contribution in [0, 0.1) is 0 Å². The van der Waals surface area contributed by atoms with Crippen molar-refractivity contribution in [2.45, 2.75) is 63.5 Å². The third-order valence-electron chi connectivity index (χ3n) is 3.77. The number of unbranched alkanes of at least 4 members (excludes halogenated alkanes) is 3. The van der Waals surface area contributed by atoms with Gasteiger partial charge in [-0.25, -0.2) is 0 Å². The molecule has 0 aromatic rings. The normalized spacial score (nSPS) is 28.5. The van der Waals surface area contributed by atoms with Crippen molar-refractivity contribution in [1.29, 1.82) is 0 Å². The monoisotopic (exact) mass is 242 g/mol. The first-order chi connectivity index (χ1) is 8.14. The molecule has 0 aliphatic heterocycles. The summed E-state index contributed by atoms with van der Waals surface area (Å²) in [5.74, 6) is -0.253. The fourth-order valence-corrected chi connectivity index (χ4v) is 2.50. The number of amides is 1. The zero-order chi connectivity index (χ0) is 12.7. The van der Waals surface area contributed by atoms with Gasteiger partial charge in [-0.2, -0.15) is 0 Å². The Balaban J connectivity index is 2.23. The smallest absolute Gasteiger partial charge is 0.237 e. The molecule has 17 heavy (non-hydrogen) atoms. The van der Waals surface area contributed by atoms with Crippen LogP contribution in [0.25, 0.3) is 0 Å². The predicted molar refractivity (Wildman–Crippen MR) is 68.7 cm³/mol. The van der Waals surface area contributed by atoms with E-state index in [0.717, 1.165) is 25.9 Å². The van der Waals surface area contributed by atoms with Crippen molar-refractivity contribution in [2.24, 2.45) is 5.73 Å². The number of carbonyl (C=O) groups excluding carboxylic acids is 1. The molecule has 100 valence electrons. The Morgan fingerprint density at radius 2 is 2.24 bits per heavy atom. The second-order valence-corrected chi connectivity index (χ2v) is 4.99. The summed E-state index contributed by atoms with van der Waals surface area (Å²) < 4.78 is 5.81. The van der Waals surface area contributed by atoms with E-state index in [-0.39, 0.29) is 12.0 Å². The zero-order valence-corrected chi connectivity index (χ0v) is 11.1. The van der Waals surface area contributed by atoms with Crippen molar-refractivity contribution < 1.29 is 9.53 Å². The fourth-order valence-electron chi connectivity index (χ4n) is 2.50. The number of ether oxygens (including phenoxy) is 1. The number of likely N-dealkylation sites (N-methyl/N-ethyl adjacent to an activating group) is 1. The molecule has 0 saturated heterocycles. The van der Waals surface area contributed by atoms with Gasteiger partial charge in [0, 0.05) is 13.0 Å². The van der Waals surface area contributed by atoms with Crippen molar-refractivity contribution >= 4 is 5.91 Å². The van der Waals surface area contributed by atoms with E-state index >= 15 is 0 Å². The van der Waals surface area contributed by atoms with Gasteiger partial charge in [0.15, 0.2) is 0 Å². The van der Waals surface area contributed by atoms with Crippen LogP contribution in [0.4, 0.5) is 0 Å². The first kappa shape index (κ1) is 14.5. The molecule has 2 atom stereocenters. The van der Waals surface area contributed by atoms with Gasteiger partial charge in [-0.3, -0.25) is 4.79 Å². The summed E-state index contributed by atoms with van der Waals surface area (Å²) in [7, 11) is 1.80. The SMILES string of the molecule is CCCCCCOC1CCC(NC)(C(N)=O)C1. The average molecular weight is 242 g/mol. The number of nitrogens with one attached hydrogen (secondary N) is 1. The molecule has 1 saturated carbocycles. The highest BCUT2D eigenvalue weighted by atomic mass is 16.5. The Bertz CT molecular complexity index is 246. The first-order valence-corrected chi connectivity index (χ1v) is 6.75. The van der Waals surface area contributed by atoms with E-state index in [4.69, 9.17) is 10.5 Å². The third kappa shape index (κ3) is 3.96. The maximum Gasteiger partial charge on any atom is 0.237 e. The van der Waals surface area contributed by atoms with Crippen LogP contribution in [-0.2, 0) is 9.53 Å². The van der Waals surface area contributed by atoms with Crippen LogP contribution in [-0.4, -0.2) is 31.2 Å². The van der Waals surface area contributed by atoms with Gasteiger partial charge in [-0.05, 0) is 26.3 Å². The van der Waals surface area contributed by atoms with E-state index in [1.807, 2.05) is 0 Å². The average Bonchev–Trinajstić information content (AvgIpc) is 2.74. The van der Waals surface area contributed by atoms with Crippen LogP contribution >= 0.6 is 0 Å². The summed E-state index contributed by atoms with van der Waals surface area (Å²) in [6, 6.07) is 0. The Morgan fingerprint density at radius 3 is 2.76 bits per heavy atom. The number of nitrogens with two attached hydrogens (primary N) is 1. The molecule has 2 unspecified atom stereocenters. The second-order valence-electron chi connectivity index (χ2n) is 4.99. The highest BCUT2D eigenvalue weighted by Gasteiger charge is 2.43.